The van der Waals surface area contributed by atoms with Gasteiger partial charge in [-0.15, -0.1) is 0 Å². The van der Waals surface area contributed by atoms with Crippen LogP contribution < -0.4 is 0 Å². The zero-order valence-corrected chi connectivity index (χ0v) is 13.2. The molecule has 0 saturated carbocycles. The minimum atomic E-state index is -1.30. The van der Waals surface area contributed by atoms with Crippen molar-refractivity contribution < 1.29 is 28.7 Å². The second-order valence-electron chi connectivity index (χ2n) is 4.79. The molecule has 0 aromatic rings. The first-order chi connectivity index (χ1) is 9.87. The largest absolute Gasteiger partial charge is 0.469 e. The van der Waals surface area contributed by atoms with Crippen molar-refractivity contribution in [2.75, 3.05) is 14.2 Å². The van der Waals surface area contributed by atoms with E-state index in [9.17, 15) is 19.2 Å². The van der Waals surface area contributed by atoms with E-state index in [0.29, 0.717) is 0 Å². The van der Waals surface area contributed by atoms with Crippen molar-refractivity contribution in [3.63, 3.8) is 0 Å². The number of hydrogen-bond donors (Lipinski definition) is 0. The molecule has 0 N–H and O–H groups in total. The molecule has 0 amide bonds. The van der Waals surface area contributed by atoms with Gasteiger partial charge in [0.1, 0.15) is 11.6 Å². The number of hydrogen-bond acceptors (Lipinski definition) is 6. The predicted octanol–water partition coefficient (Wildman–Crippen LogP) is 1.84. The normalized spacial score (nSPS) is 10.9. The zero-order chi connectivity index (χ0) is 16.5. The number of ketones is 2. The van der Waals surface area contributed by atoms with Gasteiger partial charge in [-0.25, -0.2) is 0 Å². The topological polar surface area (TPSA) is 86.7 Å². The lowest BCUT2D eigenvalue weighted by atomic mass is 9.70. The number of carbonyl (C=O) groups excluding carboxylic acids is 4. The van der Waals surface area contributed by atoms with E-state index in [2.05, 4.69) is 9.47 Å². The Kier molecular flexibility index (Phi) is 8.50. The molecule has 0 spiro atoms. The maximum absolute atomic E-state index is 12.3. The van der Waals surface area contributed by atoms with E-state index in [1.165, 1.54) is 14.2 Å². The number of methoxy groups -OCH3 is 2. The molecule has 120 valence electrons. The van der Waals surface area contributed by atoms with Gasteiger partial charge in [0, 0.05) is 25.7 Å². The summed E-state index contributed by atoms with van der Waals surface area (Å²) in [6.45, 7) is 3.33. The van der Waals surface area contributed by atoms with E-state index in [1.54, 1.807) is 13.8 Å². The van der Waals surface area contributed by atoms with Gasteiger partial charge in [0.05, 0.1) is 19.6 Å². The van der Waals surface area contributed by atoms with Crippen LogP contribution in [0.3, 0.4) is 0 Å². The first-order valence-corrected chi connectivity index (χ1v) is 7.08. The molecule has 21 heavy (non-hydrogen) atoms. The van der Waals surface area contributed by atoms with Crippen LogP contribution in [0.4, 0.5) is 0 Å². The van der Waals surface area contributed by atoms with Crippen LogP contribution in [0.15, 0.2) is 0 Å². The molecule has 0 aliphatic heterocycles. The number of rotatable bonds is 10. The molecule has 6 heteroatoms. The van der Waals surface area contributed by atoms with E-state index >= 15 is 0 Å². The van der Waals surface area contributed by atoms with Gasteiger partial charge in [-0.3, -0.25) is 19.2 Å². The summed E-state index contributed by atoms with van der Waals surface area (Å²) in [5.74, 6) is -1.46. The van der Waals surface area contributed by atoms with Gasteiger partial charge in [-0.1, -0.05) is 13.8 Å². The summed E-state index contributed by atoms with van der Waals surface area (Å²) in [5.41, 5.74) is -1.30. The van der Waals surface area contributed by atoms with Gasteiger partial charge < -0.3 is 9.47 Å². The van der Waals surface area contributed by atoms with Gasteiger partial charge in [-0.05, 0) is 12.8 Å². The van der Waals surface area contributed by atoms with Crippen molar-refractivity contribution >= 4 is 23.5 Å². The van der Waals surface area contributed by atoms with Gasteiger partial charge in [0.2, 0.25) is 0 Å². The molecule has 0 aliphatic carbocycles. The Labute approximate surface area is 125 Å². The van der Waals surface area contributed by atoms with Crippen molar-refractivity contribution in [3.05, 3.63) is 0 Å². The highest BCUT2D eigenvalue weighted by molar-refractivity contribution is 6.07. The van der Waals surface area contributed by atoms with Crippen LogP contribution in [0.25, 0.3) is 0 Å². The molecule has 0 heterocycles. The van der Waals surface area contributed by atoms with Crippen LogP contribution in [0.5, 0.6) is 0 Å². The molecule has 0 saturated heterocycles. The number of ether oxygens (including phenoxy) is 2. The molecular formula is C15H24O6. The lowest BCUT2D eigenvalue weighted by molar-refractivity contribution is -0.146. The molecule has 0 aromatic carbocycles. The fourth-order valence-corrected chi connectivity index (χ4v) is 2.35. The maximum Gasteiger partial charge on any atom is 0.305 e. The van der Waals surface area contributed by atoms with E-state index < -0.39 is 17.4 Å². The SMILES string of the molecule is CCC(=O)C(CCC(=O)OC)(CCC(=O)OC)C(=O)CC. The van der Waals surface area contributed by atoms with Gasteiger partial charge in [-0.2, -0.15) is 0 Å². The fraction of sp³-hybridized carbons (Fsp3) is 0.733. The first kappa shape index (κ1) is 19.3. The smallest absolute Gasteiger partial charge is 0.305 e. The fourth-order valence-electron chi connectivity index (χ4n) is 2.35. The molecule has 0 radical (unpaired) electrons. The Morgan fingerprint density at radius 3 is 1.33 bits per heavy atom. The van der Waals surface area contributed by atoms with Crippen LogP contribution in [0.1, 0.15) is 52.4 Å². The Hall–Kier alpha value is -1.72. The zero-order valence-electron chi connectivity index (χ0n) is 13.2. The monoisotopic (exact) mass is 300 g/mol. The second kappa shape index (κ2) is 9.26. The summed E-state index contributed by atoms with van der Waals surface area (Å²) < 4.78 is 9.13. The van der Waals surface area contributed by atoms with Crippen molar-refractivity contribution in [2.45, 2.75) is 52.4 Å². The second-order valence-corrected chi connectivity index (χ2v) is 4.79. The van der Waals surface area contributed by atoms with E-state index in [-0.39, 0.29) is 50.1 Å². The highest BCUT2D eigenvalue weighted by Crippen LogP contribution is 2.35. The molecular weight excluding hydrogens is 276 g/mol. The van der Waals surface area contributed by atoms with Crippen molar-refractivity contribution in [3.8, 4) is 0 Å². The van der Waals surface area contributed by atoms with Crippen LogP contribution in [-0.2, 0) is 28.7 Å². The predicted molar refractivity (Wildman–Crippen MR) is 75.5 cm³/mol. The summed E-state index contributed by atoms with van der Waals surface area (Å²) in [6.07, 6.45) is 0.415. The van der Waals surface area contributed by atoms with Crippen LogP contribution in [0.2, 0.25) is 0 Å². The molecule has 0 unspecified atom stereocenters. The summed E-state index contributed by atoms with van der Waals surface area (Å²) in [5, 5.41) is 0. The number of carbonyl (C=O) groups is 4. The Morgan fingerprint density at radius 1 is 0.762 bits per heavy atom. The summed E-state index contributed by atoms with van der Waals surface area (Å²) in [4.78, 5) is 47.3. The van der Waals surface area contributed by atoms with Crippen LogP contribution in [-0.4, -0.2) is 37.7 Å². The molecule has 6 nitrogen and oxygen atoms in total. The highest BCUT2D eigenvalue weighted by Gasteiger charge is 2.43. The Morgan fingerprint density at radius 2 is 1.10 bits per heavy atom. The standard InChI is InChI=1S/C15H24O6/c1-5-11(16)15(12(17)6-2,9-7-13(18)20-3)10-8-14(19)21-4/h5-10H2,1-4H3. The van der Waals surface area contributed by atoms with Crippen molar-refractivity contribution in [2.24, 2.45) is 5.41 Å². The lowest BCUT2D eigenvalue weighted by Gasteiger charge is -2.30. The quantitative estimate of drug-likeness (QED) is 0.452. The number of esters is 2. The molecule has 0 atom stereocenters. The van der Waals surface area contributed by atoms with Gasteiger partial charge in [0.15, 0.2) is 0 Å². The van der Waals surface area contributed by atoms with Gasteiger partial charge in [0.25, 0.3) is 0 Å². The summed E-state index contributed by atoms with van der Waals surface area (Å²) in [6, 6.07) is 0. The van der Waals surface area contributed by atoms with Gasteiger partial charge >= 0.3 is 11.9 Å². The highest BCUT2D eigenvalue weighted by atomic mass is 16.5. The van der Waals surface area contributed by atoms with Crippen molar-refractivity contribution in [1.82, 2.24) is 0 Å². The third-order valence-corrected chi connectivity index (χ3v) is 3.68. The Bertz CT molecular complexity index is 361. The third kappa shape index (κ3) is 5.28. The number of Topliss-reactive ketones (excluding diaryl/α,β-unsaturated/α-hetero) is 2. The van der Waals surface area contributed by atoms with E-state index in [1.807, 2.05) is 0 Å². The molecule has 0 aromatic heterocycles. The average Bonchev–Trinajstić information content (AvgIpc) is 2.52. The lowest BCUT2D eigenvalue weighted by Crippen LogP contribution is -2.40. The minimum absolute atomic E-state index is 0.0326. The van der Waals surface area contributed by atoms with E-state index in [4.69, 9.17) is 0 Å². The molecule has 0 fully saturated rings. The van der Waals surface area contributed by atoms with Crippen LogP contribution >= 0.6 is 0 Å². The molecule has 0 bridgehead atoms. The average molecular weight is 300 g/mol. The first-order valence-electron chi connectivity index (χ1n) is 7.08. The minimum Gasteiger partial charge on any atom is -0.469 e. The third-order valence-electron chi connectivity index (χ3n) is 3.68. The molecule has 0 rings (SSSR count). The molecule has 0 aliphatic rings. The maximum atomic E-state index is 12.3. The summed E-state index contributed by atoms with van der Waals surface area (Å²) >= 11 is 0. The summed E-state index contributed by atoms with van der Waals surface area (Å²) in [7, 11) is 2.50. The Balaban J connectivity index is 5.31. The van der Waals surface area contributed by atoms with Crippen molar-refractivity contribution in [1.29, 1.82) is 0 Å². The van der Waals surface area contributed by atoms with E-state index in [0.717, 1.165) is 0 Å². The van der Waals surface area contributed by atoms with Crippen LogP contribution in [0, 0.1) is 5.41 Å².